The van der Waals surface area contributed by atoms with Crippen molar-refractivity contribution in [1.82, 2.24) is 4.90 Å². The lowest BCUT2D eigenvalue weighted by atomic mass is 10.2. The van der Waals surface area contributed by atoms with Crippen molar-refractivity contribution in [3.8, 4) is 0 Å². The van der Waals surface area contributed by atoms with Crippen LogP contribution in [0.15, 0.2) is 30.3 Å². The van der Waals surface area contributed by atoms with Gasteiger partial charge in [0.25, 0.3) is 0 Å². The van der Waals surface area contributed by atoms with Gasteiger partial charge in [0.2, 0.25) is 5.91 Å². The predicted molar refractivity (Wildman–Crippen MR) is 70.1 cm³/mol. The molecule has 108 valence electrons. The Labute approximate surface area is 116 Å². The van der Waals surface area contributed by atoms with Crippen molar-refractivity contribution in [2.24, 2.45) is 0 Å². The van der Waals surface area contributed by atoms with Crippen LogP contribution in [0, 0.1) is 0 Å². The minimum absolute atomic E-state index is 0.0543. The maximum Gasteiger partial charge on any atom is 0.334 e. The molecule has 1 amide bonds. The summed E-state index contributed by atoms with van der Waals surface area (Å²) in [5.41, 5.74) is 0.991. The molecule has 2 rings (SSSR count). The van der Waals surface area contributed by atoms with Crippen LogP contribution in [-0.4, -0.2) is 54.3 Å². The second-order valence-electron chi connectivity index (χ2n) is 4.52. The number of amides is 1. The van der Waals surface area contributed by atoms with Crippen LogP contribution in [0.1, 0.15) is 5.56 Å². The molecule has 0 aliphatic carbocycles. The summed E-state index contributed by atoms with van der Waals surface area (Å²) < 4.78 is 10.4. The maximum atomic E-state index is 11.9. The summed E-state index contributed by atoms with van der Waals surface area (Å²) in [6, 6.07) is 9.55. The van der Waals surface area contributed by atoms with Crippen molar-refractivity contribution in [2.45, 2.75) is 12.7 Å². The van der Waals surface area contributed by atoms with Crippen LogP contribution in [0.4, 0.5) is 0 Å². The highest BCUT2D eigenvalue weighted by Gasteiger charge is 2.28. The van der Waals surface area contributed by atoms with Crippen molar-refractivity contribution in [1.29, 1.82) is 0 Å². The molecule has 0 spiro atoms. The predicted octanol–water partition coefficient (Wildman–Crippen LogP) is 0.515. The van der Waals surface area contributed by atoms with E-state index in [-0.39, 0.29) is 25.7 Å². The van der Waals surface area contributed by atoms with E-state index in [0.717, 1.165) is 5.56 Å². The summed E-state index contributed by atoms with van der Waals surface area (Å²) in [5.74, 6) is -1.26. The number of benzene rings is 1. The van der Waals surface area contributed by atoms with E-state index < -0.39 is 12.1 Å². The zero-order valence-electron chi connectivity index (χ0n) is 11.0. The van der Waals surface area contributed by atoms with Crippen molar-refractivity contribution in [3.63, 3.8) is 0 Å². The van der Waals surface area contributed by atoms with E-state index in [4.69, 9.17) is 14.6 Å². The van der Waals surface area contributed by atoms with Gasteiger partial charge in [0.1, 0.15) is 6.61 Å². The number of carboxylic acid groups (broad SMARTS) is 1. The normalized spacial score (nSPS) is 18.8. The van der Waals surface area contributed by atoms with Gasteiger partial charge in [-0.3, -0.25) is 4.79 Å². The van der Waals surface area contributed by atoms with Gasteiger partial charge in [-0.15, -0.1) is 0 Å². The van der Waals surface area contributed by atoms with E-state index in [2.05, 4.69) is 0 Å². The van der Waals surface area contributed by atoms with Gasteiger partial charge in [0.15, 0.2) is 6.10 Å². The second kappa shape index (κ2) is 7.02. The molecule has 1 fully saturated rings. The highest BCUT2D eigenvalue weighted by Crippen LogP contribution is 2.07. The van der Waals surface area contributed by atoms with Gasteiger partial charge in [-0.1, -0.05) is 30.3 Å². The first-order valence-electron chi connectivity index (χ1n) is 6.40. The minimum Gasteiger partial charge on any atom is -0.479 e. The van der Waals surface area contributed by atoms with Gasteiger partial charge in [-0.2, -0.15) is 0 Å². The lowest BCUT2D eigenvalue weighted by molar-refractivity contribution is -0.160. The van der Waals surface area contributed by atoms with E-state index in [1.165, 1.54) is 4.90 Å². The summed E-state index contributed by atoms with van der Waals surface area (Å²) in [7, 11) is 0. The van der Waals surface area contributed by atoms with Crippen LogP contribution in [-0.2, 0) is 25.7 Å². The molecule has 1 aliphatic heterocycles. The molecule has 6 nitrogen and oxygen atoms in total. The fourth-order valence-electron chi connectivity index (χ4n) is 1.95. The molecule has 1 heterocycles. The van der Waals surface area contributed by atoms with Crippen LogP contribution < -0.4 is 0 Å². The summed E-state index contributed by atoms with van der Waals surface area (Å²) in [4.78, 5) is 24.2. The van der Waals surface area contributed by atoms with Gasteiger partial charge in [-0.05, 0) is 5.56 Å². The average molecular weight is 279 g/mol. The summed E-state index contributed by atoms with van der Waals surface area (Å²) >= 11 is 0. The Morgan fingerprint density at radius 1 is 1.35 bits per heavy atom. The van der Waals surface area contributed by atoms with E-state index in [9.17, 15) is 9.59 Å². The topological polar surface area (TPSA) is 76.1 Å². The Morgan fingerprint density at radius 3 is 2.80 bits per heavy atom. The molecule has 1 N–H and O–H groups in total. The first-order chi connectivity index (χ1) is 9.66. The fourth-order valence-corrected chi connectivity index (χ4v) is 1.95. The quantitative estimate of drug-likeness (QED) is 0.850. The summed E-state index contributed by atoms with van der Waals surface area (Å²) in [6.45, 7) is 1.02. The molecule has 0 bridgehead atoms. The van der Waals surface area contributed by atoms with E-state index in [0.29, 0.717) is 13.2 Å². The van der Waals surface area contributed by atoms with Gasteiger partial charge < -0.3 is 19.5 Å². The Hall–Kier alpha value is -1.92. The molecule has 0 unspecified atom stereocenters. The van der Waals surface area contributed by atoms with E-state index >= 15 is 0 Å². The molecule has 1 aromatic rings. The first kappa shape index (κ1) is 14.5. The Balaban J connectivity index is 1.75. The zero-order valence-corrected chi connectivity index (χ0v) is 11.0. The molecule has 1 aromatic carbocycles. The number of carbonyl (C=O) groups is 2. The van der Waals surface area contributed by atoms with Crippen molar-refractivity contribution < 1.29 is 24.2 Å². The molecule has 6 heteroatoms. The Bertz CT molecular complexity index is 462. The standard InChI is InChI=1S/C14H17NO5/c16-13(10-19-9-11-4-2-1-3-5-11)15-6-7-20-12(8-15)14(17)18/h1-5,12H,6-10H2,(H,17,18)/t12-/m0/s1. The molecular formula is C14H17NO5. The molecule has 20 heavy (non-hydrogen) atoms. The van der Waals surface area contributed by atoms with Crippen LogP contribution >= 0.6 is 0 Å². The van der Waals surface area contributed by atoms with Crippen molar-refractivity contribution >= 4 is 11.9 Å². The van der Waals surface area contributed by atoms with Gasteiger partial charge in [-0.25, -0.2) is 4.79 Å². The number of rotatable bonds is 5. The molecular weight excluding hydrogens is 262 g/mol. The largest absolute Gasteiger partial charge is 0.479 e. The van der Waals surface area contributed by atoms with E-state index in [1.807, 2.05) is 30.3 Å². The maximum absolute atomic E-state index is 11.9. The first-order valence-corrected chi connectivity index (χ1v) is 6.40. The van der Waals surface area contributed by atoms with Crippen molar-refractivity contribution in [2.75, 3.05) is 26.3 Å². The lowest BCUT2D eigenvalue weighted by Crippen LogP contribution is -2.49. The molecule has 1 saturated heterocycles. The molecule has 1 aliphatic rings. The molecule has 0 saturated carbocycles. The third-order valence-corrected chi connectivity index (χ3v) is 3.03. The van der Waals surface area contributed by atoms with Crippen LogP contribution in [0.25, 0.3) is 0 Å². The monoisotopic (exact) mass is 279 g/mol. The van der Waals surface area contributed by atoms with Gasteiger partial charge in [0, 0.05) is 6.54 Å². The van der Waals surface area contributed by atoms with Gasteiger partial charge >= 0.3 is 5.97 Å². The number of carbonyl (C=O) groups excluding carboxylic acids is 1. The Kier molecular flexibility index (Phi) is 5.09. The Morgan fingerprint density at radius 2 is 2.10 bits per heavy atom. The average Bonchev–Trinajstić information content (AvgIpc) is 2.48. The molecule has 0 aromatic heterocycles. The summed E-state index contributed by atoms with van der Waals surface area (Å²) in [5, 5.41) is 8.87. The fraction of sp³-hybridized carbons (Fsp3) is 0.429. The van der Waals surface area contributed by atoms with Gasteiger partial charge in [0.05, 0.1) is 19.8 Å². The third kappa shape index (κ3) is 4.04. The summed E-state index contributed by atoms with van der Waals surface area (Å²) in [6.07, 6.45) is -0.943. The number of morpholine rings is 1. The molecule has 1 atom stereocenters. The number of carboxylic acids is 1. The SMILES string of the molecule is O=C(O)[C@@H]1CN(C(=O)COCc2ccccc2)CCO1. The lowest BCUT2D eigenvalue weighted by Gasteiger charge is -2.30. The van der Waals surface area contributed by atoms with Crippen molar-refractivity contribution in [3.05, 3.63) is 35.9 Å². The number of hydrogen-bond acceptors (Lipinski definition) is 4. The number of hydrogen-bond donors (Lipinski definition) is 1. The van der Waals surface area contributed by atoms with E-state index in [1.54, 1.807) is 0 Å². The molecule has 0 radical (unpaired) electrons. The number of ether oxygens (including phenoxy) is 2. The minimum atomic E-state index is -1.05. The highest BCUT2D eigenvalue weighted by atomic mass is 16.5. The second-order valence-corrected chi connectivity index (χ2v) is 4.52. The van der Waals surface area contributed by atoms with Crippen LogP contribution in [0.5, 0.6) is 0 Å². The third-order valence-electron chi connectivity index (χ3n) is 3.03. The number of nitrogens with zero attached hydrogens (tertiary/aromatic N) is 1. The van der Waals surface area contributed by atoms with Crippen LogP contribution in [0.3, 0.4) is 0 Å². The highest BCUT2D eigenvalue weighted by molar-refractivity contribution is 5.79. The smallest absolute Gasteiger partial charge is 0.334 e. The van der Waals surface area contributed by atoms with Crippen LogP contribution in [0.2, 0.25) is 0 Å². The number of aliphatic carboxylic acids is 1. The zero-order chi connectivity index (χ0) is 14.4.